The summed E-state index contributed by atoms with van der Waals surface area (Å²) in [5.41, 5.74) is 0.395. The Hall–Kier alpha value is -1.34. The Bertz CT molecular complexity index is 630. The molecule has 1 heterocycles. The second kappa shape index (κ2) is 6.19. The van der Waals surface area contributed by atoms with Gasteiger partial charge < -0.3 is 9.72 Å². The zero-order chi connectivity index (χ0) is 16.4. The normalized spacial score (nSPS) is 12.5. The maximum absolute atomic E-state index is 12.6. The molecule has 6 nitrogen and oxygen atoms in total. The number of nitrogens with one attached hydrogen (secondary N) is 2. The Balaban J connectivity index is 3.39. The van der Waals surface area contributed by atoms with E-state index in [9.17, 15) is 13.2 Å². The van der Waals surface area contributed by atoms with E-state index < -0.39 is 21.5 Å². The third kappa shape index (κ3) is 3.85. The van der Waals surface area contributed by atoms with Crippen molar-refractivity contribution < 1.29 is 17.9 Å². The average molecular weight is 316 g/mol. The van der Waals surface area contributed by atoms with Gasteiger partial charge in [-0.15, -0.1) is 0 Å². The van der Waals surface area contributed by atoms with E-state index >= 15 is 0 Å². The first-order chi connectivity index (χ1) is 9.55. The predicted molar refractivity (Wildman–Crippen MR) is 80.9 cm³/mol. The highest BCUT2D eigenvalue weighted by molar-refractivity contribution is 7.89. The second-order valence-corrected chi connectivity index (χ2v) is 7.26. The van der Waals surface area contributed by atoms with Gasteiger partial charge in [-0.25, -0.2) is 17.9 Å². The smallest absolute Gasteiger partial charge is 0.341 e. The fraction of sp³-hybridized carbons (Fsp3) is 0.643. The molecule has 21 heavy (non-hydrogen) atoms. The molecule has 0 amide bonds. The number of carbonyl (C=O) groups excluding carboxylic acids is 1. The van der Waals surface area contributed by atoms with Gasteiger partial charge in [0.2, 0.25) is 10.0 Å². The molecular weight excluding hydrogens is 292 g/mol. The summed E-state index contributed by atoms with van der Waals surface area (Å²) in [6.07, 6.45) is 0.628. The highest BCUT2D eigenvalue weighted by Gasteiger charge is 2.33. The molecule has 1 aromatic heterocycles. The summed E-state index contributed by atoms with van der Waals surface area (Å²) in [6, 6.07) is 0. The number of H-pyrrole nitrogens is 1. The summed E-state index contributed by atoms with van der Waals surface area (Å²) in [5.74, 6) is -0.631. The molecule has 0 radical (unpaired) electrons. The fourth-order valence-electron chi connectivity index (χ4n) is 2.03. The predicted octanol–water partition coefficient (Wildman–Crippen LogP) is 2.28. The Morgan fingerprint density at radius 2 is 1.81 bits per heavy atom. The summed E-state index contributed by atoms with van der Waals surface area (Å²) < 4.78 is 32.9. The van der Waals surface area contributed by atoms with Crippen LogP contribution in [-0.2, 0) is 14.8 Å². The minimum Gasteiger partial charge on any atom is -0.462 e. The summed E-state index contributed by atoms with van der Waals surface area (Å²) in [4.78, 5) is 14.9. The van der Waals surface area contributed by atoms with E-state index in [-0.39, 0.29) is 17.1 Å². The van der Waals surface area contributed by atoms with Crippen molar-refractivity contribution in [1.29, 1.82) is 0 Å². The molecule has 0 saturated heterocycles. The van der Waals surface area contributed by atoms with Crippen molar-refractivity contribution in [2.24, 2.45) is 0 Å². The van der Waals surface area contributed by atoms with Gasteiger partial charge >= 0.3 is 5.97 Å². The largest absolute Gasteiger partial charge is 0.462 e. The summed E-state index contributed by atoms with van der Waals surface area (Å²) in [7, 11) is -3.82. The van der Waals surface area contributed by atoms with Crippen LogP contribution in [0.4, 0.5) is 0 Å². The zero-order valence-corrected chi connectivity index (χ0v) is 14.3. The molecule has 7 heteroatoms. The van der Waals surface area contributed by atoms with Gasteiger partial charge in [-0.3, -0.25) is 0 Å². The number of carbonyl (C=O) groups is 1. The Morgan fingerprint density at radius 1 is 1.24 bits per heavy atom. The van der Waals surface area contributed by atoms with Gasteiger partial charge in [0.25, 0.3) is 0 Å². The molecule has 120 valence electrons. The molecular formula is C14H24N2O4S. The van der Waals surface area contributed by atoms with Crippen LogP contribution in [0.3, 0.4) is 0 Å². The number of sulfonamides is 1. The molecule has 0 aromatic carbocycles. The lowest BCUT2D eigenvalue weighted by molar-refractivity contribution is 0.0521. The van der Waals surface area contributed by atoms with Crippen LogP contribution in [0.25, 0.3) is 0 Å². The number of hydrogen-bond donors (Lipinski definition) is 2. The van der Waals surface area contributed by atoms with Gasteiger partial charge in [-0.1, -0.05) is 6.92 Å². The van der Waals surface area contributed by atoms with Crippen LogP contribution in [0.15, 0.2) is 4.90 Å². The van der Waals surface area contributed by atoms with Gasteiger partial charge in [0, 0.05) is 16.9 Å². The van der Waals surface area contributed by atoms with Crippen molar-refractivity contribution in [2.45, 2.75) is 58.4 Å². The molecule has 0 saturated carbocycles. The van der Waals surface area contributed by atoms with Crippen LogP contribution in [0, 0.1) is 13.8 Å². The Labute approximate surface area is 126 Å². The van der Waals surface area contributed by atoms with Crippen LogP contribution in [-0.4, -0.2) is 31.5 Å². The maximum Gasteiger partial charge on any atom is 0.341 e. The van der Waals surface area contributed by atoms with Crippen LogP contribution in [0.1, 0.15) is 55.9 Å². The lowest BCUT2D eigenvalue weighted by atomic mass is 10.0. The van der Waals surface area contributed by atoms with Crippen molar-refractivity contribution in [3.8, 4) is 0 Å². The standard InChI is InChI=1S/C14H24N2O4S/c1-7-14(5,6)16-21(18,19)12-10(4)15-9(3)11(12)13(17)20-8-2/h15-16H,7-8H2,1-6H3. The van der Waals surface area contributed by atoms with E-state index in [1.54, 1.807) is 34.6 Å². The van der Waals surface area contributed by atoms with Crippen LogP contribution in [0.2, 0.25) is 0 Å². The van der Waals surface area contributed by atoms with E-state index in [0.717, 1.165) is 0 Å². The number of ether oxygens (including phenoxy) is 1. The van der Waals surface area contributed by atoms with Crippen molar-refractivity contribution >= 4 is 16.0 Å². The molecule has 1 rings (SSSR count). The van der Waals surface area contributed by atoms with E-state index in [2.05, 4.69) is 9.71 Å². The van der Waals surface area contributed by atoms with E-state index in [1.165, 1.54) is 0 Å². The summed E-state index contributed by atoms with van der Waals surface area (Å²) in [5, 5.41) is 0. The monoisotopic (exact) mass is 316 g/mol. The third-order valence-corrected chi connectivity index (χ3v) is 5.23. The second-order valence-electron chi connectivity index (χ2n) is 5.64. The van der Waals surface area contributed by atoms with E-state index in [4.69, 9.17) is 4.74 Å². The number of aryl methyl sites for hydroxylation is 2. The third-order valence-electron chi connectivity index (χ3n) is 3.36. The highest BCUT2D eigenvalue weighted by Crippen LogP contribution is 2.26. The highest BCUT2D eigenvalue weighted by atomic mass is 32.2. The first-order valence-corrected chi connectivity index (χ1v) is 8.44. The number of aromatic amines is 1. The van der Waals surface area contributed by atoms with Gasteiger partial charge in [0.1, 0.15) is 10.5 Å². The maximum atomic E-state index is 12.6. The van der Waals surface area contributed by atoms with Gasteiger partial charge in [-0.2, -0.15) is 0 Å². The first-order valence-electron chi connectivity index (χ1n) is 6.96. The minimum atomic E-state index is -3.82. The average Bonchev–Trinajstić information content (AvgIpc) is 2.64. The van der Waals surface area contributed by atoms with Crippen molar-refractivity contribution in [3.05, 3.63) is 17.0 Å². The summed E-state index contributed by atoms with van der Waals surface area (Å²) >= 11 is 0. The quantitative estimate of drug-likeness (QED) is 0.788. The molecule has 0 aliphatic rings. The van der Waals surface area contributed by atoms with Crippen LogP contribution < -0.4 is 4.72 Å². The SMILES string of the molecule is CCOC(=O)c1c(C)[nH]c(C)c1S(=O)(=O)NC(C)(C)CC. The number of rotatable bonds is 6. The van der Waals surface area contributed by atoms with Crippen molar-refractivity contribution in [1.82, 2.24) is 9.71 Å². The molecule has 0 aliphatic carbocycles. The Kier molecular flexibility index (Phi) is 5.22. The fourth-order valence-corrected chi connectivity index (χ4v) is 3.96. The number of hydrogen-bond acceptors (Lipinski definition) is 4. The first kappa shape index (κ1) is 17.7. The lowest BCUT2D eigenvalue weighted by Gasteiger charge is -2.24. The van der Waals surface area contributed by atoms with Gasteiger partial charge in [0.05, 0.1) is 6.61 Å². The summed E-state index contributed by atoms with van der Waals surface area (Å²) in [6.45, 7) is 10.6. The van der Waals surface area contributed by atoms with Crippen molar-refractivity contribution in [3.63, 3.8) is 0 Å². The van der Waals surface area contributed by atoms with Crippen LogP contribution >= 0.6 is 0 Å². The molecule has 0 spiro atoms. The van der Waals surface area contributed by atoms with Crippen LogP contribution in [0.5, 0.6) is 0 Å². The molecule has 1 aromatic rings. The van der Waals surface area contributed by atoms with E-state index in [1.807, 2.05) is 6.92 Å². The topological polar surface area (TPSA) is 88.3 Å². The zero-order valence-electron chi connectivity index (χ0n) is 13.5. The van der Waals surface area contributed by atoms with E-state index in [0.29, 0.717) is 17.8 Å². The molecule has 0 atom stereocenters. The molecule has 0 unspecified atom stereocenters. The Morgan fingerprint density at radius 3 is 2.29 bits per heavy atom. The molecule has 2 N–H and O–H groups in total. The van der Waals surface area contributed by atoms with Gasteiger partial charge in [-0.05, 0) is 41.0 Å². The van der Waals surface area contributed by atoms with Crippen molar-refractivity contribution in [2.75, 3.05) is 6.61 Å². The molecule has 0 bridgehead atoms. The molecule has 0 fully saturated rings. The lowest BCUT2D eigenvalue weighted by Crippen LogP contribution is -2.43. The molecule has 0 aliphatic heterocycles. The van der Waals surface area contributed by atoms with Gasteiger partial charge in [0.15, 0.2) is 0 Å². The minimum absolute atomic E-state index is 0.0278. The number of esters is 1. The number of aromatic nitrogens is 1.